The molecule has 0 radical (unpaired) electrons. The van der Waals surface area contributed by atoms with Crippen LogP contribution in [0.2, 0.25) is 0 Å². The highest BCUT2D eigenvalue weighted by Crippen LogP contribution is 2.25. The Morgan fingerprint density at radius 2 is 1.85 bits per heavy atom. The second-order valence-corrected chi connectivity index (χ2v) is 7.89. The third-order valence-electron chi connectivity index (χ3n) is 3.84. The molecule has 0 spiro atoms. The lowest BCUT2D eigenvalue weighted by molar-refractivity contribution is -0.385. The van der Waals surface area contributed by atoms with E-state index in [-0.39, 0.29) is 23.5 Å². The van der Waals surface area contributed by atoms with Crippen LogP contribution in [-0.2, 0) is 21.4 Å². The highest BCUT2D eigenvalue weighted by atomic mass is 32.2. The molecule has 0 heterocycles. The van der Waals surface area contributed by atoms with Crippen molar-refractivity contribution in [1.82, 2.24) is 4.31 Å². The van der Waals surface area contributed by atoms with E-state index in [9.17, 15) is 27.7 Å². The maximum atomic E-state index is 13.0. The Kier molecular flexibility index (Phi) is 6.24. The van der Waals surface area contributed by atoms with E-state index in [2.05, 4.69) is 5.32 Å². The van der Waals surface area contributed by atoms with Crippen LogP contribution in [0.1, 0.15) is 11.1 Å². The molecule has 2 aromatic rings. The number of carbonyl (C=O) groups excluding carboxylic acids is 1. The van der Waals surface area contributed by atoms with E-state index < -0.39 is 33.2 Å². The fraction of sp³-hybridized carbons (Fsp3) is 0.235. The van der Waals surface area contributed by atoms with Crippen LogP contribution < -0.4 is 5.32 Å². The Morgan fingerprint density at radius 1 is 1.22 bits per heavy atom. The molecule has 144 valence electrons. The molecule has 0 aliphatic carbocycles. The van der Waals surface area contributed by atoms with Crippen LogP contribution in [-0.4, -0.2) is 36.4 Å². The van der Waals surface area contributed by atoms with Crippen molar-refractivity contribution in [3.05, 3.63) is 69.5 Å². The van der Waals surface area contributed by atoms with Gasteiger partial charge in [-0.3, -0.25) is 14.9 Å². The van der Waals surface area contributed by atoms with E-state index in [4.69, 9.17) is 0 Å². The molecular weight excluding hydrogens is 377 g/mol. The molecule has 0 atom stereocenters. The van der Waals surface area contributed by atoms with Crippen LogP contribution in [0.15, 0.2) is 42.5 Å². The summed E-state index contributed by atoms with van der Waals surface area (Å²) in [6.45, 7) is 0.888. The van der Waals surface area contributed by atoms with Crippen molar-refractivity contribution >= 4 is 27.3 Å². The quantitative estimate of drug-likeness (QED) is 0.572. The van der Waals surface area contributed by atoms with Gasteiger partial charge in [0.2, 0.25) is 15.9 Å². The predicted octanol–water partition coefficient (Wildman–Crippen LogP) is 2.44. The number of benzene rings is 2. The first-order chi connectivity index (χ1) is 12.6. The average Bonchev–Trinajstić information content (AvgIpc) is 2.57. The van der Waals surface area contributed by atoms with E-state index in [1.165, 1.54) is 49.4 Å². The number of carbonyl (C=O) groups is 1. The standard InChI is InChI=1S/C17H18FN3O5S/c1-12-15(4-3-5-16(12)21(23)24)19-17(22)11-20(27(2,25)26)10-13-6-8-14(18)9-7-13/h3-9H,10-11H2,1-2H3,(H,19,22). The number of sulfonamides is 1. The van der Waals surface area contributed by atoms with Crippen molar-refractivity contribution in [3.8, 4) is 0 Å². The van der Waals surface area contributed by atoms with Gasteiger partial charge in [-0.2, -0.15) is 4.31 Å². The van der Waals surface area contributed by atoms with Gasteiger partial charge in [-0.1, -0.05) is 18.2 Å². The van der Waals surface area contributed by atoms with Crippen molar-refractivity contribution in [2.24, 2.45) is 0 Å². The van der Waals surface area contributed by atoms with E-state index >= 15 is 0 Å². The Bertz CT molecular complexity index is 961. The summed E-state index contributed by atoms with van der Waals surface area (Å²) in [5.41, 5.74) is 0.852. The van der Waals surface area contributed by atoms with Crippen molar-refractivity contribution in [3.63, 3.8) is 0 Å². The van der Waals surface area contributed by atoms with Gasteiger partial charge in [-0.15, -0.1) is 0 Å². The SMILES string of the molecule is Cc1c(NC(=O)CN(Cc2ccc(F)cc2)S(C)(=O)=O)cccc1[N+](=O)[O-]. The molecule has 27 heavy (non-hydrogen) atoms. The summed E-state index contributed by atoms with van der Waals surface area (Å²) in [7, 11) is -3.72. The molecule has 1 amide bonds. The van der Waals surface area contributed by atoms with Gasteiger partial charge in [0.15, 0.2) is 0 Å². The number of nitro groups is 1. The number of hydrogen-bond donors (Lipinski definition) is 1. The lowest BCUT2D eigenvalue weighted by Crippen LogP contribution is -2.37. The van der Waals surface area contributed by atoms with E-state index in [0.29, 0.717) is 5.56 Å². The molecule has 10 heteroatoms. The Morgan fingerprint density at radius 3 is 2.41 bits per heavy atom. The van der Waals surface area contributed by atoms with Gasteiger partial charge in [-0.05, 0) is 30.7 Å². The van der Waals surface area contributed by atoms with Crippen molar-refractivity contribution in [2.75, 3.05) is 18.1 Å². The van der Waals surface area contributed by atoms with Crippen LogP contribution in [0.3, 0.4) is 0 Å². The Labute approximate surface area is 155 Å². The maximum Gasteiger partial charge on any atom is 0.274 e. The number of nitrogens with zero attached hydrogens (tertiary/aromatic N) is 2. The van der Waals surface area contributed by atoms with Gasteiger partial charge < -0.3 is 5.32 Å². The molecular formula is C17H18FN3O5S. The van der Waals surface area contributed by atoms with E-state index in [1.54, 1.807) is 0 Å². The average molecular weight is 395 g/mol. The fourth-order valence-corrected chi connectivity index (χ4v) is 3.13. The van der Waals surface area contributed by atoms with Crippen LogP contribution in [0.25, 0.3) is 0 Å². The zero-order chi connectivity index (χ0) is 20.2. The van der Waals surface area contributed by atoms with E-state index in [0.717, 1.165) is 10.6 Å². The molecule has 2 aromatic carbocycles. The Balaban J connectivity index is 2.16. The fourth-order valence-electron chi connectivity index (χ4n) is 2.39. The van der Waals surface area contributed by atoms with Gasteiger partial charge in [0.05, 0.1) is 29.0 Å². The van der Waals surface area contributed by atoms with Crippen molar-refractivity contribution < 1.29 is 22.5 Å². The minimum Gasteiger partial charge on any atom is -0.324 e. The van der Waals surface area contributed by atoms with Gasteiger partial charge in [0, 0.05) is 12.6 Å². The monoisotopic (exact) mass is 395 g/mol. The summed E-state index contributed by atoms with van der Waals surface area (Å²) in [4.78, 5) is 22.7. The summed E-state index contributed by atoms with van der Waals surface area (Å²) < 4.78 is 37.9. The van der Waals surface area contributed by atoms with Gasteiger partial charge in [0.1, 0.15) is 5.82 Å². The number of amides is 1. The first kappa shape index (κ1) is 20.5. The number of rotatable bonds is 7. The molecule has 0 aliphatic rings. The van der Waals surface area contributed by atoms with Crippen LogP contribution >= 0.6 is 0 Å². The number of nitro benzene ring substituents is 1. The van der Waals surface area contributed by atoms with Crippen LogP contribution in [0.5, 0.6) is 0 Å². The van der Waals surface area contributed by atoms with Crippen molar-refractivity contribution in [2.45, 2.75) is 13.5 Å². The maximum absolute atomic E-state index is 13.0. The smallest absolute Gasteiger partial charge is 0.274 e. The number of hydrogen-bond acceptors (Lipinski definition) is 5. The van der Waals surface area contributed by atoms with Crippen molar-refractivity contribution in [1.29, 1.82) is 0 Å². The molecule has 0 bridgehead atoms. The lowest BCUT2D eigenvalue weighted by Gasteiger charge is -2.20. The minimum absolute atomic E-state index is 0.111. The first-order valence-electron chi connectivity index (χ1n) is 7.81. The zero-order valence-electron chi connectivity index (χ0n) is 14.7. The number of anilines is 1. The van der Waals surface area contributed by atoms with E-state index in [1.807, 2.05) is 0 Å². The molecule has 0 aliphatic heterocycles. The largest absolute Gasteiger partial charge is 0.324 e. The lowest BCUT2D eigenvalue weighted by atomic mass is 10.1. The predicted molar refractivity (Wildman–Crippen MR) is 98.1 cm³/mol. The van der Waals surface area contributed by atoms with Gasteiger partial charge in [-0.25, -0.2) is 12.8 Å². The third kappa shape index (κ3) is 5.56. The summed E-state index contributed by atoms with van der Waals surface area (Å²) in [6.07, 6.45) is 0.961. The molecule has 2 rings (SSSR count). The normalized spacial score (nSPS) is 11.4. The molecule has 0 saturated carbocycles. The van der Waals surface area contributed by atoms with Crippen LogP contribution in [0.4, 0.5) is 15.8 Å². The molecule has 1 N–H and O–H groups in total. The third-order valence-corrected chi connectivity index (χ3v) is 5.03. The van der Waals surface area contributed by atoms with Crippen LogP contribution in [0, 0.1) is 22.9 Å². The molecule has 0 unspecified atom stereocenters. The highest BCUT2D eigenvalue weighted by Gasteiger charge is 2.22. The first-order valence-corrected chi connectivity index (χ1v) is 9.66. The van der Waals surface area contributed by atoms with Gasteiger partial charge >= 0.3 is 0 Å². The molecule has 0 saturated heterocycles. The zero-order valence-corrected chi connectivity index (χ0v) is 15.5. The summed E-state index contributed by atoms with van der Waals surface area (Å²) in [5.74, 6) is -1.10. The highest BCUT2D eigenvalue weighted by molar-refractivity contribution is 7.88. The molecule has 0 aromatic heterocycles. The van der Waals surface area contributed by atoms with Gasteiger partial charge in [0.25, 0.3) is 5.69 Å². The molecule has 0 fully saturated rings. The second kappa shape index (κ2) is 8.23. The number of halogens is 1. The Hall–Kier alpha value is -2.85. The second-order valence-electron chi connectivity index (χ2n) is 5.91. The number of nitrogens with one attached hydrogen (secondary N) is 1. The minimum atomic E-state index is -3.72. The summed E-state index contributed by atoms with van der Waals surface area (Å²) in [5, 5.41) is 13.5. The topological polar surface area (TPSA) is 110 Å². The molecule has 8 nitrogen and oxygen atoms in total. The summed E-state index contributed by atoms with van der Waals surface area (Å²) in [6, 6.07) is 9.47. The summed E-state index contributed by atoms with van der Waals surface area (Å²) >= 11 is 0.